The lowest BCUT2D eigenvalue weighted by Crippen LogP contribution is -2.32. The molecule has 2 aromatic carbocycles. The molecule has 5 nitrogen and oxygen atoms in total. The third-order valence-corrected chi connectivity index (χ3v) is 5.27. The highest BCUT2D eigenvalue weighted by molar-refractivity contribution is 9.10. The van der Waals surface area contributed by atoms with Crippen LogP contribution in [0.5, 0.6) is 0 Å². The Hall–Kier alpha value is -2.47. The lowest BCUT2D eigenvalue weighted by Gasteiger charge is -2.13. The molecule has 0 saturated carbocycles. The van der Waals surface area contributed by atoms with Crippen LogP contribution in [0, 0.1) is 0 Å². The molecule has 0 bridgehead atoms. The fraction of sp³-hybridized carbons (Fsp3) is 0.318. The zero-order valence-electron chi connectivity index (χ0n) is 15.6. The molecule has 0 aliphatic carbocycles. The van der Waals surface area contributed by atoms with Gasteiger partial charge < -0.3 is 5.32 Å². The van der Waals surface area contributed by atoms with Gasteiger partial charge in [-0.2, -0.15) is 0 Å². The van der Waals surface area contributed by atoms with E-state index in [1.807, 2.05) is 18.2 Å². The van der Waals surface area contributed by atoms with Gasteiger partial charge in [0.05, 0.1) is 11.1 Å². The van der Waals surface area contributed by atoms with Crippen molar-refractivity contribution in [1.29, 1.82) is 0 Å². The first-order valence-electron chi connectivity index (χ1n) is 9.52. The Morgan fingerprint density at radius 2 is 1.68 bits per heavy atom. The van der Waals surface area contributed by atoms with Crippen LogP contribution in [0.3, 0.4) is 0 Å². The van der Waals surface area contributed by atoms with Crippen molar-refractivity contribution in [3.63, 3.8) is 0 Å². The summed E-state index contributed by atoms with van der Waals surface area (Å²) in [5.74, 6) is -0.615. The van der Waals surface area contributed by atoms with Gasteiger partial charge >= 0.3 is 0 Å². The van der Waals surface area contributed by atoms with Crippen LogP contribution in [0.25, 0.3) is 0 Å². The molecular weight excluding hydrogens is 420 g/mol. The number of aryl methyl sites for hydroxylation is 1. The summed E-state index contributed by atoms with van der Waals surface area (Å²) in [6, 6.07) is 15.4. The fourth-order valence-corrected chi connectivity index (χ4v) is 3.64. The molecule has 3 rings (SSSR count). The van der Waals surface area contributed by atoms with E-state index < -0.39 is 0 Å². The Labute approximate surface area is 173 Å². The molecular formula is C22H23BrN2O3. The van der Waals surface area contributed by atoms with Crippen LogP contribution in [-0.2, 0) is 11.2 Å². The van der Waals surface area contributed by atoms with Crippen molar-refractivity contribution < 1.29 is 14.4 Å². The number of carbonyl (C=O) groups excluding carboxylic acids is 3. The minimum Gasteiger partial charge on any atom is -0.356 e. The molecule has 0 spiro atoms. The second-order valence-electron chi connectivity index (χ2n) is 6.85. The number of fused-ring (bicyclic) bond motifs is 1. The molecule has 146 valence electrons. The van der Waals surface area contributed by atoms with E-state index in [0.29, 0.717) is 30.5 Å². The highest BCUT2D eigenvalue weighted by atomic mass is 79.9. The molecule has 0 atom stereocenters. The number of unbranched alkanes of at least 4 members (excludes halogenated alkanes) is 1. The highest BCUT2D eigenvalue weighted by Gasteiger charge is 2.35. The van der Waals surface area contributed by atoms with E-state index in [2.05, 4.69) is 33.4 Å². The minimum absolute atomic E-state index is 0.0425. The number of rotatable bonds is 9. The maximum atomic E-state index is 12.4. The van der Waals surface area contributed by atoms with Crippen LogP contribution < -0.4 is 5.32 Å². The molecule has 0 saturated heterocycles. The zero-order valence-corrected chi connectivity index (χ0v) is 17.2. The van der Waals surface area contributed by atoms with Crippen molar-refractivity contribution in [3.05, 3.63) is 69.7 Å². The third-order valence-electron chi connectivity index (χ3n) is 4.78. The number of nitrogens with one attached hydrogen (secondary N) is 1. The summed E-state index contributed by atoms with van der Waals surface area (Å²) in [6.45, 7) is 0.901. The second kappa shape index (κ2) is 9.64. The normalized spacial score (nSPS) is 13.0. The van der Waals surface area contributed by atoms with Gasteiger partial charge in [0.1, 0.15) is 0 Å². The zero-order chi connectivity index (χ0) is 19.9. The monoisotopic (exact) mass is 442 g/mol. The Balaban J connectivity index is 1.33. The first-order valence-corrected chi connectivity index (χ1v) is 10.3. The summed E-state index contributed by atoms with van der Waals surface area (Å²) in [6.07, 6.45) is 3.72. The molecule has 1 heterocycles. The highest BCUT2D eigenvalue weighted by Crippen LogP contribution is 2.26. The van der Waals surface area contributed by atoms with Crippen molar-refractivity contribution in [1.82, 2.24) is 10.2 Å². The minimum atomic E-state index is -0.289. The van der Waals surface area contributed by atoms with Gasteiger partial charge in [0, 0.05) is 24.0 Å². The molecule has 6 heteroatoms. The molecule has 0 radical (unpaired) electrons. The van der Waals surface area contributed by atoms with Gasteiger partial charge in [0.25, 0.3) is 11.8 Å². The maximum Gasteiger partial charge on any atom is 0.261 e. The number of benzene rings is 2. The van der Waals surface area contributed by atoms with Gasteiger partial charge in [0.15, 0.2) is 0 Å². The van der Waals surface area contributed by atoms with E-state index in [1.54, 1.807) is 18.2 Å². The Kier molecular flexibility index (Phi) is 6.98. The van der Waals surface area contributed by atoms with Gasteiger partial charge in [-0.15, -0.1) is 0 Å². The summed E-state index contributed by atoms with van der Waals surface area (Å²) in [4.78, 5) is 37.9. The number of hydrogen-bond acceptors (Lipinski definition) is 3. The molecule has 28 heavy (non-hydrogen) atoms. The van der Waals surface area contributed by atoms with E-state index in [4.69, 9.17) is 0 Å². The molecule has 0 aromatic heterocycles. The molecule has 3 amide bonds. The summed E-state index contributed by atoms with van der Waals surface area (Å²) >= 11 is 3.32. The Morgan fingerprint density at radius 3 is 2.46 bits per heavy atom. The Bertz CT molecular complexity index is 867. The van der Waals surface area contributed by atoms with Gasteiger partial charge in [0.2, 0.25) is 5.91 Å². The predicted octanol–water partition coefficient (Wildman–Crippen LogP) is 3.96. The molecule has 0 fully saturated rings. The standard InChI is InChI=1S/C22H23BrN2O3/c23-17-11-12-18-19(15-17)22(28)25(21(18)27)14-6-10-20(26)24-13-5-4-9-16-7-2-1-3-8-16/h1-3,7-8,11-12,15H,4-6,9-10,13-14H2,(H,24,26). The summed E-state index contributed by atoms with van der Waals surface area (Å²) in [5, 5.41) is 2.91. The number of imide groups is 1. The lowest BCUT2D eigenvalue weighted by molar-refractivity contribution is -0.121. The van der Waals surface area contributed by atoms with Crippen LogP contribution >= 0.6 is 15.9 Å². The lowest BCUT2D eigenvalue weighted by atomic mass is 10.1. The number of amides is 3. The average Bonchev–Trinajstić information content (AvgIpc) is 2.93. The largest absolute Gasteiger partial charge is 0.356 e. The number of hydrogen-bond donors (Lipinski definition) is 1. The Morgan fingerprint density at radius 1 is 0.929 bits per heavy atom. The van der Waals surface area contributed by atoms with E-state index in [-0.39, 0.29) is 24.3 Å². The number of halogens is 1. The van der Waals surface area contributed by atoms with E-state index in [1.165, 1.54) is 10.5 Å². The molecule has 1 N–H and O–H groups in total. The molecule has 1 aliphatic rings. The SMILES string of the molecule is O=C(CCCN1C(=O)c2ccc(Br)cc2C1=O)NCCCCc1ccccc1. The third kappa shape index (κ3) is 5.07. The smallest absolute Gasteiger partial charge is 0.261 e. The first kappa shape index (κ1) is 20.3. The molecule has 0 unspecified atom stereocenters. The van der Waals surface area contributed by atoms with Crippen LogP contribution in [-0.4, -0.2) is 35.7 Å². The predicted molar refractivity (Wildman–Crippen MR) is 111 cm³/mol. The number of nitrogens with zero attached hydrogens (tertiary/aromatic N) is 1. The van der Waals surface area contributed by atoms with Crippen LogP contribution in [0.4, 0.5) is 0 Å². The second-order valence-corrected chi connectivity index (χ2v) is 7.76. The van der Waals surface area contributed by atoms with Crippen molar-refractivity contribution in [3.8, 4) is 0 Å². The van der Waals surface area contributed by atoms with Gasteiger partial charge in [-0.3, -0.25) is 19.3 Å². The topological polar surface area (TPSA) is 66.5 Å². The van der Waals surface area contributed by atoms with Gasteiger partial charge in [-0.25, -0.2) is 0 Å². The van der Waals surface area contributed by atoms with Crippen LogP contribution in [0.2, 0.25) is 0 Å². The fourth-order valence-electron chi connectivity index (χ4n) is 3.28. The van der Waals surface area contributed by atoms with Gasteiger partial charge in [-0.1, -0.05) is 46.3 Å². The summed E-state index contributed by atoms with van der Waals surface area (Å²) < 4.78 is 0.765. The first-order chi connectivity index (χ1) is 13.6. The summed E-state index contributed by atoms with van der Waals surface area (Å²) in [5.41, 5.74) is 2.15. The molecule has 1 aliphatic heterocycles. The van der Waals surface area contributed by atoms with Crippen molar-refractivity contribution in [2.75, 3.05) is 13.1 Å². The van der Waals surface area contributed by atoms with Crippen LogP contribution in [0.1, 0.15) is 52.0 Å². The maximum absolute atomic E-state index is 12.4. The molecule has 2 aromatic rings. The van der Waals surface area contributed by atoms with Crippen molar-refractivity contribution in [2.45, 2.75) is 32.1 Å². The summed E-state index contributed by atoms with van der Waals surface area (Å²) in [7, 11) is 0. The van der Waals surface area contributed by atoms with E-state index in [0.717, 1.165) is 23.7 Å². The van der Waals surface area contributed by atoms with Crippen molar-refractivity contribution in [2.24, 2.45) is 0 Å². The number of carbonyl (C=O) groups is 3. The van der Waals surface area contributed by atoms with Gasteiger partial charge in [-0.05, 0) is 49.4 Å². The van der Waals surface area contributed by atoms with E-state index in [9.17, 15) is 14.4 Å². The quantitative estimate of drug-likeness (QED) is 0.471. The van der Waals surface area contributed by atoms with E-state index >= 15 is 0 Å². The van der Waals surface area contributed by atoms with Crippen LogP contribution in [0.15, 0.2) is 53.0 Å². The van der Waals surface area contributed by atoms with Crippen molar-refractivity contribution >= 4 is 33.7 Å². The average molecular weight is 443 g/mol.